The van der Waals surface area contributed by atoms with Crippen LogP contribution in [0, 0.1) is 0 Å². The molecule has 4 rings (SSSR count). The van der Waals surface area contributed by atoms with Gasteiger partial charge < -0.3 is 9.88 Å². The summed E-state index contributed by atoms with van der Waals surface area (Å²) in [5, 5.41) is 1.12. The number of nitrogens with one attached hydrogen (secondary N) is 1. The molecule has 2 saturated heterocycles. The minimum Gasteiger partial charge on any atom is -0.353 e. The van der Waals surface area contributed by atoms with E-state index >= 15 is 0 Å². The molecule has 0 bridgehead atoms. The quantitative estimate of drug-likeness (QED) is 0.884. The van der Waals surface area contributed by atoms with Gasteiger partial charge in [0.2, 0.25) is 0 Å². The highest BCUT2D eigenvalue weighted by molar-refractivity contribution is 7.91. The Morgan fingerprint density at radius 3 is 2.71 bits per heavy atom. The van der Waals surface area contributed by atoms with Gasteiger partial charge in [0.25, 0.3) is 0 Å². The molecule has 4 heterocycles. The maximum absolute atomic E-state index is 11.7. The van der Waals surface area contributed by atoms with Gasteiger partial charge >= 0.3 is 0 Å². The lowest BCUT2D eigenvalue weighted by Gasteiger charge is -2.38. The fourth-order valence-electron chi connectivity index (χ4n) is 3.89. The summed E-state index contributed by atoms with van der Waals surface area (Å²) in [6.07, 6.45) is 5.35. The van der Waals surface area contributed by atoms with Gasteiger partial charge in [-0.15, -0.1) is 0 Å². The molecule has 8 heteroatoms. The first kappa shape index (κ1) is 15.8. The number of aryl methyl sites for hydroxylation is 1. The van der Waals surface area contributed by atoms with Crippen LogP contribution in [0.4, 0.5) is 5.82 Å². The van der Waals surface area contributed by atoms with Crippen LogP contribution < -0.4 is 4.90 Å². The van der Waals surface area contributed by atoms with E-state index in [2.05, 4.69) is 31.7 Å². The lowest BCUT2D eigenvalue weighted by Crippen LogP contribution is -2.51. The number of hydrogen-bond donors (Lipinski definition) is 1. The van der Waals surface area contributed by atoms with Crippen molar-refractivity contribution in [3.8, 4) is 0 Å². The van der Waals surface area contributed by atoms with Crippen molar-refractivity contribution in [2.75, 3.05) is 42.6 Å². The molecule has 0 saturated carbocycles. The molecular weight excluding hydrogens is 326 g/mol. The van der Waals surface area contributed by atoms with Gasteiger partial charge in [-0.3, -0.25) is 4.90 Å². The van der Waals surface area contributed by atoms with Crippen LogP contribution in [0.15, 0.2) is 12.5 Å². The van der Waals surface area contributed by atoms with Crippen LogP contribution >= 0.6 is 0 Å². The lowest BCUT2D eigenvalue weighted by atomic mass is 10.1. The topological polar surface area (TPSA) is 82.2 Å². The summed E-state index contributed by atoms with van der Waals surface area (Å²) in [6.45, 7) is 5.65. The fraction of sp³-hybridized carbons (Fsp3) is 0.625. The molecule has 24 heavy (non-hydrogen) atoms. The Balaban J connectivity index is 1.51. The van der Waals surface area contributed by atoms with Crippen LogP contribution in [0.1, 0.15) is 18.9 Å². The van der Waals surface area contributed by atoms with Gasteiger partial charge in [0.1, 0.15) is 17.8 Å². The Kier molecular flexibility index (Phi) is 3.96. The molecule has 0 amide bonds. The van der Waals surface area contributed by atoms with Crippen molar-refractivity contribution >= 4 is 26.7 Å². The Bertz CT molecular complexity index is 839. The number of sulfone groups is 1. The van der Waals surface area contributed by atoms with E-state index in [9.17, 15) is 8.42 Å². The van der Waals surface area contributed by atoms with Gasteiger partial charge in [0, 0.05) is 38.4 Å². The largest absolute Gasteiger partial charge is 0.353 e. The maximum atomic E-state index is 11.7. The predicted molar refractivity (Wildman–Crippen MR) is 94.1 cm³/mol. The Morgan fingerprint density at radius 2 is 2.04 bits per heavy atom. The van der Waals surface area contributed by atoms with Crippen LogP contribution in [-0.4, -0.2) is 72.0 Å². The van der Waals surface area contributed by atoms with Crippen LogP contribution in [0.25, 0.3) is 11.0 Å². The van der Waals surface area contributed by atoms with E-state index in [0.29, 0.717) is 11.5 Å². The third-order valence-electron chi connectivity index (χ3n) is 5.25. The van der Waals surface area contributed by atoms with Crippen LogP contribution in [-0.2, 0) is 16.3 Å². The first-order valence-electron chi connectivity index (χ1n) is 8.58. The van der Waals surface area contributed by atoms with Crippen LogP contribution in [0.2, 0.25) is 0 Å². The summed E-state index contributed by atoms with van der Waals surface area (Å²) < 4.78 is 23.4. The van der Waals surface area contributed by atoms with Crippen molar-refractivity contribution < 1.29 is 8.42 Å². The van der Waals surface area contributed by atoms with Crippen LogP contribution in [0.3, 0.4) is 0 Å². The highest BCUT2D eigenvalue weighted by atomic mass is 32.2. The summed E-state index contributed by atoms with van der Waals surface area (Å²) in [5.74, 6) is 1.66. The molecule has 2 aliphatic heterocycles. The number of hydrogen-bond acceptors (Lipinski definition) is 6. The highest BCUT2D eigenvalue weighted by Crippen LogP contribution is 2.28. The number of H-pyrrole nitrogens is 1. The minimum absolute atomic E-state index is 0.195. The highest BCUT2D eigenvalue weighted by Gasteiger charge is 2.34. The van der Waals surface area contributed by atoms with Gasteiger partial charge in [-0.1, -0.05) is 6.92 Å². The summed E-state index contributed by atoms with van der Waals surface area (Å²) >= 11 is 0. The van der Waals surface area contributed by atoms with Gasteiger partial charge in [-0.05, 0) is 18.4 Å². The number of anilines is 1. The fourth-order valence-corrected chi connectivity index (χ4v) is 5.65. The molecule has 0 unspecified atom stereocenters. The van der Waals surface area contributed by atoms with Crippen molar-refractivity contribution in [3.05, 3.63) is 18.1 Å². The number of fused-ring (bicyclic) bond motifs is 1. The van der Waals surface area contributed by atoms with Crippen LogP contribution in [0.5, 0.6) is 0 Å². The molecule has 130 valence electrons. The maximum Gasteiger partial charge on any atom is 0.151 e. The number of aromatic nitrogens is 3. The SMILES string of the molecule is CCc1c[nH]c2ncnc(N3CCN([C@H]4CCS(=O)(=O)C4)CC3)c12. The second-order valence-electron chi connectivity index (χ2n) is 6.67. The van der Waals surface area contributed by atoms with Gasteiger partial charge in [-0.2, -0.15) is 0 Å². The first-order chi connectivity index (χ1) is 11.6. The molecule has 0 radical (unpaired) electrons. The van der Waals surface area contributed by atoms with E-state index in [0.717, 1.165) is 55.9 Å². The van der Waals surface area contributed by atoms with E-state index in [1.54, 1.807) is 6.33 Å². The van der Waals surface area contributed by atoms with E-state index < -0.39 is 9.84 Å². The molecule has 0 aromatic carbocycles. The monoisotopic (exact) mass is 349 g/mol. The number of piperazine rings is 1. The molecular formula is C16H23N5O2S. The third kappa shape index (κ3) is 2.77. The van der Waals surface area contributed by atoms with Gasteiger partial charge in [0.05, 0.1) is 16.9 Å². The first-order valence-corrected chi connectivity index (χ1v) is 10.4. The molecule has 0 aliphatic carbocycles. The molecule has 2 aliphatic rings. The van der Waals surface area contributed by atoms with Gasteiger partial charge in [0.15, 0.2) is 9.84 Å². The van der Waals surface area contributed by atoms with E-state index in [4.69, 9.17) is 0 Å². The molecule has 2 aromatic heterocycles. The standard InChI is InChI=1S/C16H23N5O2S/c1-2-12-9-17-15-14(12)16(19-11-18-15)21-6-4-20(5-7-21)13-3-8-24(22,23)10-13/h9,11,13H,2-8,10H2,1H3,(H,17,18,19)/t13-/m0/s1. The summed E-state index contributed by atoms with van der Waals surface area (Å²) in [4.78, 5) is 16.7. The van der Waals surface area contributed by atoms with E-state index in [-0.39, 0.29) is 6.04 Å². The summed E-state index contributed by atoms with van der Waals surface area (Å²) in [6, 6.07) is 0.195. The number of aromatic amines is 1. The Morgan fingerprint density at radius 1 is 1.25 bits per heavy atom. The average Bonchev–Trinajstić information content (AvgIpc) is 3.17. The average molecular weight is 349 g/mol. The Labute approximate surface area is 142 Å². The second-order valence-corrected chi connectivity index (χ2v) is 8.90. The smallest absolute Gasteiger partial charge is 0.151 e. The molecule has 2 aromatic rings. The number of rotatable bonds is 3. The van der Waals surface area contributed by atoms with E-state index in [1.807, 2.05) is 6.20 Å². The molecule has 2 fully saturated rings. The minimum atomic E-state index is -2.82. The zero-order chi connectivity index (χ0) is 16.7. The van der Waals surface area contributed by atoms with Crippen molar-refractivity contribution in [1.29, 1.82) is 0 Å². The molecule has 1 atom stereocenters. The second kappa shape index (κ2) is 6.00. The normalized spacial score (nSPS) is 24.7. The van der Waals surface area contributed by atoms with Crippen molar-refractivity contribution in [3.63, 3.8) is 0 Å². The van der Waals surface area contributed by atoms with E-state index in [1.165, 1.54) is 5.56 Å². The summed E-state index contributed by atoms with van der Waals surface area (Å²) in [5.41, 5.74) is 2.13. The van der Waals surface area contributed by atoms with Crippen molar-refractivity contribution in [2.24, 2.45) is 0 Å². The number of nitrogens with zero attached hydrogens (tertiary/aromatic N) is 4. The lowest BCUT2D eigenvalue weighted by molar-refractivity contribution is 0.200. The third-order valence-corrected chi connectivity index (χ3v) is 7.00. The molecule has 7 nitrogen and oxygen atoms in total. The zero-order valence-corrected chi connectivity index (χ0v) is 14.7. The van der Waals surface area contributed by atoms with Gasteiger partial charge in [-0.25, -0.2) is 18.4 Å². The van der Waals surface area contributed by atoms with Crippen molar-refractivity contribution in [2.45, 2.75) is 25.8 Å². The molecule has 0 spiro atoms. The predicted octanol–water partition coefficient (Wildman–Crippen LogP) is 0.829. The van der Waals surface area contributed by atoms with Crippen molar-refractivity contribution in [1.82, 2.24) is 19.9 Å². The zero-order valence-electron chi connectivity index (χ0n) is 13.9. The Hall–Kier alpha value is -1.67. The molecule has 1 N–H and O–H groups in total. The summed E-state index contributed by atoms with van der Waals surface area (Å²) in [7, 11) is -2.82.